The van der Waals surface area contributed by atoms with Crippen molar-refractivity contribution in [2.24, 2.45) is 0 Å². The van der Waals surface area contributed by atoms with Gasteiger partial charge in [-0.25, -0.2) is 9.59 Å². The van der Waals surface area contributed by atoms with E-state index < -0.39 is 11.6 Å². The summed E-state index contributed by atoms with van der Waals surface area (Å²) in [6, 6.07) is -0.0890. The average Bonchev–Trinajstić information content (AvgIpc) is 2.76. The van der Waals surface area contributed by atoms with E-state index in [1.807, 2.05) is 53.4 Å². The third-order valence-electron chi connectivity index (χ3n) is 6.54. The van der Waals surface area contributed by atoms with Crippen LogP contribution in [0.3, 0.4) is 0 Å². The maximum absolute atomic E-state index is 12.5. The number of unbranched alkanes of at least 4 members (excludes halogenated alkanes) is 2. The van der Waals surface area contributed by atoms with Crippen LogP contribution in [0.2, 0.25) is 0 Å². The molecule has 0 aromatic rings. The number of rotatable bonds is 14. The van der Waals surface area contributed by atoms with Crippen LogP contribution in [0, 0.1) is 0 Å². The molecule has 9 heteroatoms. The molecule has 1 saturated heterocycles. The van der Waals surface area contributed by atoms with Crippen LogP contribution in [-0.2, 0) is 33.7 Å². The van der Waals surface area contributed by atoms with Crippen LogP contribution >= 0.6 is 0 Å². The lowest BCUT2D eigenvalue weighted by Crippen LogP contribution is -2.65. The topological polar surface area (TPSA) is 111 Å². The average molecular weight is 525 g/mol. The Bertz CT molecular complexity index is 814. The Kier molecular flexibility index (Phi) is 12.3. The predicted octanol–water partition coefficient (Wildman–Crippen LogP) is 4.77. The second kappa shape index (κ2) is 13.9. The van der Waals surface area contributed by atoms with Crippen LogP contribution < -0.4 is 5.32 Å². The van der Waals surface area contributed by atoms with Gasteiger partial charge in [0, 0.05) is 35.5 Å². The van der Waals surface area contributed by atoms with Crippen molar-refractivity contribution in [3.8, 4) is 0 Å². The maximum atomic E-state index is 12.5. The van der Waals surface area contributed by atoms with Gasteiger partial charge in [-0.3, -0.25) is 14.5 Å². The van der Waals surface area contributed by atoms with E-state index in [0.717, 1.165) is 19.3 Å². The Morgan fingerprint density at radius 1 is 1.00 bits per heavy atom. The number of amides is 2. The standard InChI is InChI=1S/C28H48N2O7/c1-10-23(32)30-26(4,5)18-21(19-27(30,6)7)29-22(31)14-15-24(33)36-37-28(8,9)16-12-11-13-17-35-25(34)20(2)3/h21H,2,10-19H2,1,3-9H3,(H,29,31). The largest absolute Gasteiger partial charge is 0.462 e. The molecule has 0 radical (unpaired) electrons. The minimum absolute atomic E-state index is 0.000483. The highest BCUT2D eigenvalue weighted by Gasteiger charge is 2.47. The molecule has 1 aliphatic heterocycles. The molecular weight excluding hydrogens is 476 g/mol. The van der Waals surface area contributed by atoms with Gasteiger partial charge >= 0.3 is 11.9 Å². The lowest BCUT2D eigenvalue weighted by molar-refractivity contribution is -0.326. The lowest BCUT2D eigenvalue weighted by atomic mass is 9.76. The number of hydrogen-bond donors (Lipinski definition) is 1. The van der Waals surface area contributed by atoms with E-state index >= 15 is 0 Å². The number of carbonyl (C=O) groups is 4. The fourth-order valence-corrected chi connectivity index (χ4v) is 5.09. The maximum Gasteiger partial charge on any atom is 0.342 e. The van der Waals surface area contributed by atoms with Gasteiger partial charge in [-0.15, -0.1) is 0 Å². The van der Waals surface area contributed by atoms with Gasteiger partial charge in [-0.2, -0.15) is 4.89 Å². The molecule has 1 heterocycles. The van der Waals surface area contributed by atoms with Crippen molar-refractivity contribution < 1.29 is 33.7 Å². The van der Waals surface area contributed by atoms with Gasteiger partial charge in [-0.1, -0.05) is 19.9 Å². The molecule has 2 amide bonds. The van der Waals surface area contributed by atoms with Crippen molar-refractivity contribution in [1.29, 1.82) is 0 Å². The van der Waals surface area contributed by atoms with Crippen molar-refractivity contribution in [1.82, 2.24) is 10.2 Å². The lowest BCUT2D eigenvalue weighted by Gasteiger charge is -2.55. The van der Waals surface area contributed by atoms with E-state index in [-0.39, 0.29) is 47.7 Å². The number of hydrogen-bond acceptors (Lipinski definition) is 7. The number of piperidine rings is 1. The first-order valence-corrected chi connectivity index (χ1v) is 13.3. The van der Waals surface area contributed by atoms with Crippen molar-refractivity contribution in [3.05, 3.63) is 12.2 Å². The van der Waals surface area contributed by atoms with Gasteiger partial charge in [-0.05, 0) is 80.6 Å². The van der Waals surface area contributed by atoms with Crippen molar-refractivity contribution in [2.75, 3.05) is 6.61 Å². The van der Waals surface area contributed by atoms with Gasteiger partial charge in [0.25, 0.3) is 0 Å². The molecule has 1 fully saturated rings. The zero-order chi connectivity index (χ0) is 28.4. The number of nitrogens with one attached hydrogen (secondary N) is 1. The van der Waals surface area contributed by atoms with E-state index in [1.165, 1.54) is 0 Å². The number of carbonyl (C=O) groups excluding carboxylic acids is 4. The molecule has 0 bridgehead atoms. The zero-order valence-electron chi connectivity index (χ0n) is 24.2. The first kappa shape index (κ1) is 32.6. The molecule has 0 aromatic carbocycles. The van der Waals surface area contributed by atoms with Gasteiger partial charge in [0.15, 0.2) is 0 Å². The quantitative estimate of drug-likeness (QED) is 0.114. The number of nitrogens with zero attached hydrogens (tertiary/aromatic N) is 1. The fourth-order valence-electron chi connectivity index (χ4n) is 5.09. The molecule has 212 valence electrons. The molecule has 0 spiro atoms. The summed E-state index contributed by atoms with van der Waals surface area (Å²) in [5.41, 5.74) is -1.07. The highest BCUT2D eigenvalue weighted by Crippen LogP contribution is 2.39. The van der Waals surface area contributed by atoms with Crippen LogP contribution in [0.5, 0.6) is 0 Å². The van der Waals surface area contributed by atoms with Crippen molar-refractivity contribution in [3.63, 3.8) is 0 Å². The molecule has 0 aromatic heterocycles. The van der Waals surface area contributed by atoms with E-state index in [4.69, 9.17) is 14.5 Å². The summed E-state index contributed by atoms with van der Waals surface area (Å²) in [7, 11) is 0. The van der Waals surface area contributed by atoms with E-state index in [9.17, 15) is 19.2 Å². The first-order chi connectivity index (χ1) is 17.0. The Morgan fingerprint density at radius 2 is 1.59 bits per heavy atom. The van der Waals surface area contributed by atoms with Crippen molar-refractivity contribution in [2.45, 2.75) is 136 Å². The van der Waals surface area contributed by atoms with E-state index in [0.29, 0.717) is 37.9 Å². The smallest absolute Gasteiger partial charge is 0.342 e. The summed E-state index contributed by atoms with van der Waals surface area (Å²) in [6.45, 7) is 19.1. The number of ether oxygens (including phenoxy) is 1. The second-order valence-electron chi connectivity index (χ2n) is 11.9. The second-order valence-corrected chi connectivity index (χ2v) is 11.9. The molecule has 0 unspecified atom stereocenters. The summed E-state index contributed by atoms with van der Waals surface area (Å²) in [5, 5.41) is 3.03. The molecule has 1 rings (SSSR count). The minimum Gasteiger partial charge on any atom is -0.462 e. The highest BCUT2D eigenvalue weighted by atomic mass is 17.2. The molecule has 0 saturated carbocycles. The number of likely N-dealkylation sites (tertiary alicyclic amines) is 1. The fraction of sp³-hybridized carbons (Fsp3) is 0.786. The first-order valence-electron chi connectivity index (χ1n) is 13.3. The molecular formula is C28H48N2O7. The van der Waals surface area contributed by atoms with Crippen LogP contribution in [-0.4, -0.2) is 58.0 Å². The Hall–Kier alpha value is -2.42. The minimum atomic E-state index is -0.673. The molecule has 9 nitrogen and oxygen atoms in total. The van der Waals surface area contributed by atoms with Crippen molar-refractivity contribution >= 4 is 23.8 Å². The predicted molar refractivity (Wildman–Crippen MR) is 141 cm³/mol. The summed E-state index contributed by atoms with van der Waals surface area (Å²) in [4.78, 5) is 60.8. The summed E-state index contributed by atoms with van der Waals surface area (Å²) < 4.78 is 5.06. The van der Waals surface area contributed by atoms with Crippen LogP contribution in [0.4, 0.5) is 0 Å². The van der Waals surface area contributed by atoms with Gasteiger partial charge < -0.3 is 15.0 Å². The van der Waals surface area contributed by atoms with E-state index in [1.54, 1.807) is 6.92 Å². The van der Waals surface area contributed by atoms with Gasteiger partial charge in [0.1, 0.15) is 5.60 Å². The Morgan fingerprint density at radius 3 is 2.14 bits per heavy atom. The molecule has 0 aliphatic carbocycles. The molecule has 37 heavy (non-hydrogen) atoms. The van der Waals surface area contributed by atoms with Gasteiger partial charge in [0.05, 0.1) is 13.0 Å². The Balaban J connectivity index is 2.35. The third-order valence-corrected chi connectivity index (χ3v) is 6.54. The monoisotopic (exact) mass is 524 g/mol. The number of esters is 1. The van der Waals surface area contributed by atoms with Crippen LogP contribution in [0.25, 0.3) is 0 Å². The summed E-state index contributed by atoms with van der Waals surface area (Å²) >= 11 is 0. The third kappa shape index (κ3) is 11.2. The van der Waals surface area contributed by atoms with Gasteiger partial charge in [0.2, 0.25) is 11.8 Å². The summed E-state index contributed by atoms with van der Waals surface area (Å²) in [5.74, 6) is -1.10. The Labute approximate surface area is 222 Å². The molecule has 1 N–H and O–H groups in total. The molecule has 1 aliphatic rings. The normalized spacial score (nSPS) is 17.1. The highest BCUT2D eigenvalue weighted by molar-refractivity contribution is 5.86. The van der Waals surface area contributed by atoms with E-state index in [2.05, 4.69) is 11.9 Å². The zero-order valence-corrected chi connectivity index (χ0v) is 24.2. The van der Waals surface area contributed by atoms with Crippen LogP contribution in [0.1, 0.15) is 113 Å². The van der Waals surface area contributed by atoms with Crippen LogP contribution in [0.15, 0.2) is 12.2 Å². The SMILES string of the molecule is C=C(C)C(=O)OCCCCCC(C)(C)OOC(=O)CCC(=O)NC1CC(C)(C)N(C(=O)CC)C(C)(C)C1. The summed E-state index contributed by atoms with van der Waals surface area (Å²) in [6.07, 6.45) is 4.68. The molecule has 0 atom stereocenters.